The topological polar surface area (TPSA) is 28.7 Å². The van der Waals surface area contributed by atoms with Crippen molar-refractivity contribution >= 4 is 0 Å². The molecule has 0 saturated heterocycles. The van der Waals surface area contributed by atoms with E-state index in [4.69, 9.17) is 0 Å². The highest BCUT2D eigenvalue weighted by Gasteiger charge is 2.10. The van der Waals surface area contributed by atoms with Gasteiger partial charge in [-0.2, -0.15) is 0 Å². The molecule has 0 amide bonds. The van der Waals surface area contributed by atoms with Gasteiger partial charge in [-0.1, -0.05) is 0 Å². The molecule has 1 N–H and O–H groups in total. The fourth-order valence-corrected chi connectivity index (χ4v) is 2.03. The average Bonchev–Trinajstić information content (AvgIpc) is 2.92. The second kappa shape index (κ2) is 4.65. The van der Waals surface area contributed by atoms with Crippen LogP contribution in [0.4, 0.5) is 8.78 Å². The van der Waals surface area contributed by atoms with Gasteiger partial charge in [-0.25, -0.2) is 8.78 Å². The fraction of sp³-hybridized carbons (Fsp3) is 0. The molecule has 0 aliphatic carbocycles. The van der Waals surface area contributed by atoms with E-state index >= 15 is 0 Å². The first-order valence-corrected chi connectivity index (χ1v) is 5.79. The molecule has 3 aromatic rings. The van der Waals surface area contributed by atoms with Crippen molar-refractivity contribution in [3.8, 4) is 22.4 Å². The minimum absolute atomic E-state index is 0.607. The number of benzene rings is 1. The Bertz CT molecular complexity index is 705. The monoisotopic (exact) mass is 256 g/mol. The zero-order chi connectivity index (χ0) is 13.2. The Morgan fingerprint density at radius 1 is 0.842 bits per heavy atom. The minimum Gasteiger partial charge on any atom is -0.361 e. The van der Waals surface area contributed by atoms with Crippen molar-refractivity contribution in [1.82, 2.24) is 9.97 Å². The predicted molar refractivity (Wildman–Crippen MR) is 69.4 cm³/mol. The minimum atomic E-state index is -0.854. The Kier molecular flexibility index (Phi) is 2.83. The lowest BCUT2D eigenvalue weighted by atomic mass is 10.0. The normalized spacial score (nSPS) is 10.6. The smallest absolute Gasteiger partial charge is 0.159 e. The van der Waals surface area contributed by atoms with E-state index in [0.717, 1.165) is 22.9 Å². The van der Waals surface area contributed by atoms with Gasteiger partial charge in [0, 0.05) is 29.7 Å². The van der Waals surface area contributed by atoms with Gasteiger partial charge < -0.3 is 4.98 Å². The molecule has 0 atom stereocenters. The number of aromatic amines is 1. The third-order valence-electron chi connectivity index (χ3n) is 2.95. The van der Waals surface area contributed by atoms with Gasteiger partial charge in [-0.3, -0.25) is 4.98 Å². The lowest BCUT2D eigenvalue weighted by Crippen LogP contribution is -1.87. The SMILES string of the molecule is Fc1ccc(-c2[nH]ccc2-c2ccncc2)cc1F. The molecule has 0 aliphatic heterocycles. The van der Waals surface area contributed by atoms with E-state index < -0.39 is 11.6 Å². The van der Waals surface area contributed by atoms with Gasteiger partial charge in [0.1, 0.15) is 0 Å². The van der Waals surface area contributed by atoms with Gasteiger partial charge in [0.05, 0.1) is 5.69 Å². The predicted octanol–water partition coefficient (Wildman–Crippen LogP) is 4.02. The molecular formula is C15H10F2N2. The Hall–Kier alpha value is -2.49. The highest BCUT2D eigenvalue weighted by atomic mass is 19.2. The number of H-pyrrole nitrogens is 1. The molecule has 2 heterocycles. The van der Waals surface area contributed by atoms with Gasteiger partial charge in [-0.05, 0) is 42.0 Å². The van der Waals surface area contributed by atoms with Crippen LogP contribution in [-0.2, 0) is 0 Å². The summed E-state index contributed by atoms with van der Waals surface area (Å²) >= 11 is 0. The van der Waals surface area contributed by atoms with E-state index in [2.05, 4.69) is 9.97 Å². The molecule has 19 heavy (non-hydrogen) atoms. The van der Waals surface area contributed by atoms with Crippen LogP contribution in [-0.4, -0.2) is 9.97 Å². The summed E-state index contributed by atoms with van der Waals surface area (Å²) < 4.78 is 26.3. The average molecular weight is 256 g/mol. The molecule has 1 aromatic carbocycles. The van der Waals surface area contributed by atoms with Gasteiger partial charge >= 0.3 is 0 Å². The van der Waals surface area contributed by atoms with Gasteiger partial charge in [0.15, 0.2) is 11.6 Å². The number of halogens is 2. The second-order valence-corrected chi connectivity index (χ2v) is 4.13. The first-order chi connectivity index (χ1) is 9.25. The molecule has 0 bridgehead atoms. The molecule has 0 radical (unpaired) electrons. The van der Waals surface area contributed by atoms with Crippen LogP contribution in [0.25, 0.3) is 22.4 Å². The summed E-state index contributed by atoms with van der Waals surface area (Å²) in [7, 11) is 0. The van der Waals surface area contributed by atoms with Crippen LogP contribution in [0.2, 0.25) is 0 Å². The van der Waals surface area contributed by atoms with E-state index in [1.165, 1.54) is 6.07 Å². The van der Waals surface area contributed by atoms with Crippen LogP contribution < -0.4 is 0 Å². The lowest BCUT2D eigenvalue weighted by molar-refractivity contribution is 0.509. The zero-order valence-electron chi connectivity index (χ0n) is 9.90. The summed E-state index contributed by atoms with van der Waals surface area (Å²) in [5, 5.41) is 0. The molecule has 0 aliphatic rings. The molecule has 0 saturated carbocycles. The molecule has 94 valence electrons. The van der Waals surface area contributed by atoms with Gasteiger partial charge in [-0.15, -0.1) is 0 Å². The largest absolute Gasteiger partial charge is 0.361 e. The third kappa shape index (κ3) is 2.12. The Labute approximate surface area is 108 Å². The molecule has 0 unspecified atom stereocenters. The molecule has 2 nitrogen and oxygen atoms in total. The van der Waals surface area contributed by atoms with Crippen molar-refractivity contribution in [1.29, 1.82) is 0 Å². The molecule has 4 heteroatoms. The highest BCUT2D eigenvalue weighted by Crippen LogP contribution is 2.31. The van der Waals surface area contributed by atoms with E-state index in [1.807, 2.05) is 18.2 Å². The summed E-state index contributed by atoms with van der Waals surface area (Å²) in [5.74, 6) is -1.70. The summed E-state index contributed by atoms with van der Waals surface area (Å²) in [6.07, 6.45) is 5.15. The third-order valence-corrected chi connectivity index (χ3v) is 2.95. The fourth-order valence-electron chi connectivity index (χ4n) is 2.03. The Balaban J connectivity index is 2.12. The number of nitrogens with zero attached hydrogens (tertiary/aromatic N) is 1. The van der Waals surface area contributed by atoms with Crippen LogP contribution in [0.3, 0.4) is 0 Å². The maximum absolute atomic E-state index is 13.3. The van der Waals surface area contributed by atoms with Crippen LogP contribution in [0.1, 0.15) is 0 Å². The first kappa shape index (κ1) is 11.6. The standard InChI is InChI=1S/C15H10F2N2/c16-13-2-1-11(9-14(13)17)15-12(5-8-19-15)10-3-6-18-7-4-10/h1-9,19H. The zero-order valence-corrected chi connectivity index (χ0v) is 9.90. The number of pyridine rings is 1. The van der Waals surface area contributed by atoms with E-state index in [9.17, 15) is 8.78 Å². The van der Waals surface area contributed by atoms with Crippen molar-refractivity contribution in [3.05, 3.63) is 66.6 Å². The second-order valence-electron chi connectivity index (χ2n) is 4.13. The number of hydrogen-bond donors (Lipinski definition) is 1. The van der Waals surface area contributed by atoms with Crippen molar-refractivity contribution in [2.75, 3.05) is 0 Å². The van der Waals surface area contributed by atoms with Crippen LogP contribution >= 0.6 is 0 Å². The Morgan fingerprint density at radius 3 is 2.37 bits per heavy atom. The quantitative estimate of drug-likeness (QED) is 0.737. The lowest BCUT2D eigenvalue weighted by Gasteiger charge is -2.05. The summed E-state index contributed by atoms with van der Waals surface area (Å²) in [4.78, 5) is 7.02. The van der Waals surface area contributed by atoms with Crippen molar-refractivity contribution in [2.45, 2.75) is 0 Å². The summed E-state index contributed by atoms with van der Waals surface area (Å²) in [5.41, 5.74) is 3.25. The van der Waals surface area contributed by atoms with Crippen molar-refractivity contribution in [2.24, 2.45) is 0 Å². The molecule has 0 fully saturated rings. The van der Waals surface area contributed by atoms with Crippen LogP contribution in [0.15, 0.2) is 55.0 Å². The van der Waals surface area contributed by atoms with E-state index in [0.29, 0.717) is 5.56 Å². The summed E-state index contributed by atoms with van der Waals surface area (Å²) in [6.45, 7) is 0. The maximum atomic E-state index is 13.3. The summed E-state index contributed by atoms with van der Waals surface area (Å²) in [6, 6.07) is 9.49. The van der Waals surface area contributed by atoms with Crippen LogP contribution in [0.5, 0.6) is 0 Å². The molecule has 2 aromatic heterocycles. The first-order valence-electron chi connectivity index (χ1n) is 5.79. The Morgan fingerprint density at radius 2 is 1.63 bits per heavy atom. The molecule has 3 rings (SSSR count). The molecular weight excluding hydrogens is 246 g/mol. The van der Waals surface area contributed by atoms with Crippen molar-refractivity contribution in [3.63, 3.8) is 0 Å². The van der Waals surface area contributed by atoms with E-state index in [1.54, 1.807) is 24.7 Å². The number of nitrogens with one attached hydrogen (secondary N) is 1. The number of aromatic nitrogens is 2. The van der Waals surface area contributed by atoms with Gasteiger partial charge in [0.2, 0.25) is 0 Å². The van der Waals surface area contributed by atoms with E-state index in [-0.39, 0.29) is 0 Å². The number of hydrogen-bond acceptors (Lipinski definition) is 1. The highest BCUT2D eigenvalue weighted by molar-refractivity contribution is 5.80. The maximum Gasteiger partial charge on any atom is 0.159 e. The molecule has 0 spiro atoms. The van der Waals surface area contributed by atoms with Crippen molar-refractivity contribution < 1.29 is 8.78 Å². The number of rotatable bonds is 2. The van der Waals surface area contributed by atoms with Crippen LogP contribution in [0, 0.1) is 11.6 Å². The van der Waals surface area contributed by atoms with Gasteiger partial charge in [0.25, 0.3) is 0 Å².